The van der Waals surface area contributed by atoms with Gasteiger partial charge in [-0.1, -0.05) is 15.9 Å². The van der Waals surface area contributed by atoms with Crippen LogP contribution >= 0.6 is 27.3 Å². The van der Waals surface area contributed by atoms with Gasteiger partial charge >= 0.3 is 0 Å². The van der Waals surface area contributed by atoms with Crippen LogP contribution in [-0.2, 0) is 4.79 Å². The molecule has 1 saturated heterocycles. The summed E-state index contributed by atoms with van der Waals surface area (Å²) in [5, 5.41) is 5.27. The predicted molar refractivity (Wildman–Crippen MR) is 75.7 cm³/mol. The lowest BCUT2D eigenvalue weighted by atomic mass is 10.1. The van der Waals surface area contributed by atoms with Gasteiger partial charge in [-0.15, -0.1) is 0 Å². The minimum atomic E-state index is 0.333. The Morgan fingerprint density at radius 2 is 2.41 bits per heavy atom. The maximum absolute atomic E-state index is 12.1. The first-order chi connectivity index (χ1) is 8.33. The maximum atomic E-state index is 12.1. The summed E-state index contributed by atoms with van der Waals surface area (Å²) >= 11 is 5.12. The van der Waals surface area contributed by atoms with Crippen LogP contribution in [0.2, 0.25) is 0 Å². The molecule has 0 N–H and O–H groups in total. The Bertz CT molecular complexity index is 352. The van der Waals surface area contributed by atoms with Gasteiger partial charge < -0.3 is 4.90 Å². The first-order valence-electron chi connectivity index (χ1n) is 6.20. The number of unbranched alkanes of at least 4 members (excludes halogenated alkanes) is 1. The van der Waals surface area contributed by atoms with E-state index >= 15 is 0 Å². The van der Waals surface area contributed by atoms with E-state index in [1.165, 1.54) is 5.56 Å². The minimum absolute atomic E-state index is 0.333. The maximum Gasteiger partial charge on any atom is 0.223 e. The second kappa shape index (κ2) is 6.55. The standard InChI is InChI=1S/C13H18BrNOS/c14-7-2-1-5-13(16)15-8-3-4-12(15)11-6-9-17-10-11/h6,9-10,12H,1-5,7-8H2. The van der Waals surface area contributed by atoms with E-state index in [1.807, 2.05) is 0 Å². The normalized spacial score (nSPS) is 19.8. The van der Waals surface area contributed by atoms with Crippen molar-refractivity contribution >= 4 is 33.2 Å². The molecular formula is C13H18BrNOS. The average Bonchev–Trinajstić information content (AvgIpc) is 2.99. The van der Waals surface area contributed by atoms with E-state index in [4.69, 9.17) is 0 Å². The first kappa shape index (κ1) is 13.1. The summed E-state index contributed by atoms with van der Waals surface area (Å²) in [7, 11) is 0. The molecule has 0 aliphatic carbocycles. The molecule has 1 amide bonds. The van der Waals surface area contributed by atoms with Crippen molar-refractivity contribution in [2.24, 2.45) is 0 Å². The highest BCUT2D eigenvalue weighted by Crippen LogP contribution is 2.33. The number of amides is 1. The van der Waals surface area contributed by atoms with Crippen molar-refractivity contribution in [3.63, 3.8) is 0 Å². The molecule has 2 nitrogen and oxygen atoms in total. The van der Waals surface area contributed by atoms with Crippen molar-refractivity contribution in [1.82, 2.24) is 4.90 Å². The molecule has 0 aromatic carbocycles. The molecule has 1 unspecified atom stereocenters. The predicted octanol–water partition coefficient (Wildman–Crippen LogP) is 3.98. The van der Waals surface area contributed by atoms with Crippen LogP contribution in [0.3, 0.4) is 0 Å². The number of carbonyl (C=O) groups is 1. The van der Waals surface area contributed by atoms with Gasteiger partial charge in [0.2, 0.25) is 5.91 Å². The lowest BCUT2D eigenvalue weighted by molar-refractivity contribution is -0.132. The molecule has 0 bridgehead atoms. The summed E-state index contributed by atoms with van der Waals surface area (Å²) in [6, 6.07) is 2.50. The zero-order valence-electron chi connectivity index (χ0n) is 9.90. The van der Waals surface area contributed by atoms with Crippen LogP contribution in [-0.4, -0.2) is 22.7 Å². The Morgan fingerprint density at radius 1 is 1.53 bits per heavy atom. The highest BCUT2D eigenvalue weighted by atomic mass is 79.9. The van der Waals surface area contributed by atoms with Crippen LogP contribution in [0.4, 0.5) is 0 Å². The van der Waals surface area contributed by atoms with Gasteiger partial charge in [0.25, 0.3) is 0 Å². The largest absolute Gasteiger partial charge is 0.336 e. The topological polar surface area (TPSA) is 20.3 Å². The van der Waals surface area contributed by atoms with Crippen LogP contribution in [0.15, 0.2) is 16.8 Å². The van der Waals surface area contributed by atoms with Gasteiger partial charge in [0.05, 0.1) is 6.04 Å². The molecule has 0 radical (unpaired) electrons. The molecule has 0 saturated carbocycles. The van der Waals surface area contributed by atoms with Gasteiger partial charge in [-0.25, -0.2) is 0 Å². The second-order valence-corrected chi connectivity index (χ2v) is 6.02. The molecule has 17 heavy (non-hydrogen) atoms. The quantitative estimate of drug-likeness (QED) is 0.594. The number of hydrogen-bond acceptors (Lipinski definition) is 2. The lowest BCUT2D eigenvalue weighted by Crippen LogP contribution is -2.30. The second-order valence-electron chi connectivity index (χ2n) is 4.45. The smallest absolute Gasteiger partial charge is 0.223 e. The van der Waals surface area contributed by atoms with Crippen molar-refractivity contribution < 1.29 is 4.79 Å². The van der Waals surface area contributed by atoms with E-state index in [2.05, 4.69) is 37.7 Å². The van der Waals surface area contributed by atoms with Gasteiger partial charge in [0.1, 0.15) is 0 Å². The molecule has 0 spiro atoms. The monoisotopic (exact) mass is 315 g/mol. The fourth-order valence-corrected chi connectivity index (χ4v) is 3.49. The van der Waals surface area contributed by atoms with Crippen molar-refractivity contribution in [3.05, 3.63) is 22.4 Å². The Labute approximate surface area is 115 Å². The number of halogens is 1. The van der Waals surface area contributed by atoms with Crippen LogP contribution in [0, 0.1) is 0 Å². The van der Waals surface area contributed by atoms with Gasteiger partial charge in [0, 0.05) is 18.3 Å². The van der Waals surface area contributed by atoms with Gasteiger partial charge in [-0.05, 0) is 48.1 Å². The Hall–Kier alpha value is -0.350. The van der Waals surface area contributed by atoms with Crippen LogP contribution in [0.1, 0.15) is 43.7 Å². The van der Waals surface area contributed by atoms with Crippen LogP contribution in [0.25, 0.3) is 0 Å². The average molecular weight is 316 g/mol. The van der Waals surface area contributed by atoms with E-state index in [1.54, 1.807) is 11.3 Å². The highest BCUT2D eigenvalue weighted by Gasteiger charge is 2.29. The summed E-state index contributed by atoms with van der Waals surface area (Å²) in [6.07, 6.45) is 5.05. The summed E-state index contributed by atoms with van der Waals surface area (Å²) in [4.78, 5) is 14.2. The van der Waals surface area contributed by atoms with Crippen LogP contribution < -0.4 is 0 Å². The molecule has 1 atom stereocenters. The van der Waals surface area contributed by atoms with Gasteiger partial charge in [-0.3, -0.25) is 4.79 Å². The molecule has 2 heterocycles. The Morgan fingerprint density at radius 3 is 3.12 bits per heavy atom. The van der Waals surface area contributed by atoms with Crippen molar-refractivity contribution in [2.45, 2.75) is 38.1 Å². The number of likely N-dealkylation sites (tertiary alicyclic amines) is 1. The summed E-state index contributed by atoms with van der Waals surface area (Å²) < 4.78 is 0. The number of rotatable bonds is 5. The third-order valence-electron chi connectivity index (χ3n) is 3.28. The Balaban J connectivity index is 1.93. The molecule has 1 fully saturated rings. The number of carbonyl (C=O) groups excluding carboxylic acids is 1. The van der Waals surface area contributed by atoms with E-state index < -0.39 is 0 Å². The fourth-order valence-electron chi connectivity index (χ4n) is 2.39. The van der Waals surface area contributed by atoms with Crippen LogP contribution in [0.5, 0.6) is 0 Å². The number of hydrogen-bond donors (Lipinski definition) is 0. The molecule has 2 rings (SSSR count). The molecule has 94 valence electrons. The Kier molecular flexibility index (Phi) is 5.04. The molecule has 1 aromatic heterocycles. The summed E-state index contributed by atoms with van der Waals surface area (Å²) in [5.41, 5.74) is 1.32. The highest BCUT2D eigenvalue weighted by molar-refractivity contribution is 9.09. The summed E-state index contributed by atoms with van der Waals surface area (Å²) in [6.45, 7) is 0.938. The van der Waals surface area contributed by atoms with E-state index in [0.29, 0.717) is 18.4 Å². The zero-order chi connectivity index (χ0) is 12.1. The van der Waals surface area contributed by atoms with Gasteiger partial charge in [-0.2, -0.15) is 11.3 Å². The van der Waals surface area contributed by atoms with E-state index in [-0.39, 0.29) is 0 Å². The fraction of sp³-hybridized carbons (Fsp3) is 0.615. The van der Waals surface area contributed by atoms with E-state index in [9.17, 15) is 4.79 Å². The number of nitrogens with zero attached hydrogens (tertiary/aromatic N) is 1. The third kappa shape index (κ3) is 3.32. The van der Waals surface area contributed by atoms with Crippen molar-refractivity contribution in [2.75, 3.05) is 11.9 Å². The molecule has 1 aromatic rings. The van der Waals surface area contributed by atoms with Gasteiger partial charge in [0.15, 0.2) is 0 Å². The number of thiophene rings is 1. The molecule has 1 aliphatic rings. The number of alkyl halides is 1. The summed E-state index contributed by atoms with van der Waals surface area (Å²) in [5.74, 6) is 0.333. The molecule has 4 heteroatoms. The minimum Gasteiger partial charge on any atom is -0.336 e. The SMILES string of the molecule is O=C(CCCCBr)N1CCCC1c1ccsc1. The first-order valence-corrected chi connectivity index (χ1v) is 8.27. The molecule has 1 aliphatic heterocycles. The lowest BCUT2D eigenvalue weighted by Gasteiger charge is -2.24. The van der Waals surface area contributed by atoms with Crippen molar-refractivity contribution in [3.8, 4) is 0 Å². The third-order valence-corrected chi connectivity index (χ3v) is 4.54. The zero-order valence-corrected chi connectivity index (χ0v) is 12.3. The molecular weight excluding hydrogens is 298 g/mol. The van der Waals surface area contributed by atoms with Crippen molar-refractivity contribution in [1.29, 1.82) is 0 Å². The van der Waals surface area contributed by atoms with E-state index in [0.717, 1.165) is 37.6 Å².